The summed E-state index contributed by atoms with van der Waals surface area (Å²) in [4.78, 5) is 10.4. The molecule has 23 heavy (non-hydrogen) atoms. The molecule has 2 atom stereocenters. The fourth-order valence-electron chi connectivity index (χ4n) is 5.50. The van der Waals surface area contributed by atoms with Gasteiger partial charge in [0.2, 0.25) is 0 Å². The SMILES string of the molecule is CC1CCC(CN2C3=NC[C@H](C)N3C[C@@H]2C2CCCCC2)CC1. The topological polar surface area (TPSA) is 18.8 Å². The summed E-state index contributed by atoms with van der Waals surface area (Å²) in [6.45, 7) is 8.36. The molecule has 0 amide bonds. The summed E-state index contributed by atoms with van der Waals surface area (Å²) in [6.07, 6.45) is 13.1. The Morgan fingerprint density at radius 3 is 2.43 bits per heavy atom. The van der Waals surface area contributed by atoms with Crippen molar-refractivity contribution in [2.24, 2.45) is 22.7 Å². The van der Waals surface area contributed by atoms with Crippen molar-refractivity contribution in [3.05, 3.63) is 0 Å². The Bertz CT molecular complexity index is 432. The van der Waals surface area contributed by atoms with Gasteiger partial charge in [-0.2, -0.15) is 0 Å². The average molecular weight is 318 g/mol. The highest BCUT2D eigenvalue weighted by Gasteiger charge is 2.44. The Labute approximate surface area is 142 Å². The standard InChI is InChI=1S/C20H35N3/c1-15-8-10-17(11-9-15)13-23-19(18-6-4-3-5-7-18)14-22-16(2)12-21-20(22)23/h15-19H,3-14H2,1-2H3/t15?,16-,17?,19+/m0/s1. The second-order valence-corrected chi connectivity index (χ2v) is 8.89. The van der Waals surface area contributed by atoms with Gasteiger partial charge in [-0.05, 0) is 50.4 Å². The van der Waals surface area contributed by atoms with Gasteiger partial charge in [-0.1, -0.05) is 39.0 Å². The fraction of sp³-hybridized carbons (Fsp3) is 0.950. The first kappa shape index (κ1) is 15.8. The van der Waals surface area contributed by atoms with E-state index in [2.05, 4.69) is 23.6 Å². The number of nitrogens with zero attached hydrogens (tertiary/aromatic N) is 3. The third-order valence-electron chi connectivity index (χ3n) is 7.11. The summed E-state index contributed by atoms with van der Waals surface area (Å²) in [5, 5.41) is 0. The molecule has 0 aromatic rings. The molecule has 0 N–H and O–H groups in total. The van der Waals surface area contributed by atoms with Crippen LogP contribution in [0.3, 0.4) is 0 Å². The van der Waals surface area contributed by atoms with Crippen molar-refractivity contribution in [3.63, 3.8) is 0 Å². The zero-order valence-electron chi connectivity index (χ0n) is 15.2. The van der Waals surface area contributed by atoms with Crippen LogP contribution in [-0.2, 0) is 0 Å². The van der Waals surface area contributed by atoms with Crippen molar-refractivity contribution in [1.82, 2.24) is 9.80 Å². The highest BCUT2D eigenvalue weighted by atomic mass is 15.5. The molecule has 4 aliphatic rings. The summed E-state index contributed by atoms with van der Waals surface area (Å²) in [5.41, 5.74) is 0. The van der Waals surface area contributed by atoms with E-state index in [0.717, 1.165) is 30.3 Å². The van der Waals surface area contributed by atoms with Gasteiger partial charge in [0, 0.05) is 19.1 Å². The zero-order chi connectivity index (χ0) is 15.8. The molecule has 2 aliphatic carbocycles. The number of fused-ring (bicyclic) bond motifs is 1. The molecule has 3 heteroatoms. The maximum absolute atomic E-state index is 4.95. The highest BCUT2D eigenvalue weighted by Crippen LogP contribution is 2.37. The van der Waals surface area contributed by atoms with Crippen LogP contribution in [0.15, 0.2) is 4.99 Å². The highest BCUT2D eigenvalue weighted by molar-refractivity contribution is 5.84. The van der Waals surface area contributed by atoms with E-state index < -0.39 is 0 Å². The molecule has 1 saturated heterocycles. The Kier molecular flexibility index (Phi) is 4.56. The summed E-state index contributed by atoms with van der Waals surface area (Å²) >= 11 is 0. The largest absolute Gasteiger partial charge is 0.338 e. The lowest BCUT2D eigenvalue weighted by Gasteiger charge is -2.37. The van der Waals surface area contributed by atoms with Gasteiger partial charge in [0.1, 0.15) is 0 Å². The molecule has 4 rings (SSSR count). The lowest BCUT2D eigenvalue weighted by Crippen LogP contribution is -2.43. The van der Waals surface area contributed by atoms with Crippen LogP contribution in [0.4, 0.5) is 0 Å². The molecule has 3 fully saturated rings. The van der Waals surface area contributed by atoms with E-state index in [4.69, 9.17) is 4.99 Å². The molecule has 0 aromatic carbocycles. The normalized spacial score (nSPS) is 38.8. The number of hydrogen-bond acceptors (Lipinski definition) is 3. The number of rotatable bonds is 3. The van der Waals surface area contributed by atoms with E-state index in [1.807, 2.05) is 0 Å². The Morgan fingerprint density at radius 1 is 0.957 bits per heavy atom. The minimum absolute atomic E-state index is 0.632. The Balaban J connectivity index is 1.48. The van der Waals surface area contributed by atoms with Gasteiger partial charge in [-0.15, -0.1) is 0 Å². The minimum Gasteiger partial charge on any atom is -0.338 e. The maximum atomic E-state index is 4.95. The van der Waals surface area contributed by atoms with E-state index in [9.17, 15) is 0 Å². The minimum atomic E-state index is 0.632. The average Bonchev–Trinajstić information content (AvgIpc) is 3.11. The number of aliphatic imine (C=N–C) groups is 1. The van der Waals surface area contributed by atoms with Crippen LogP contribution in [-0.4, -0.2) is 47.5 Å². The smallest absolute Gasteiger partial charge is 0.197 e. The van der Waals surface area contributed by atoms with Gasteiger partial charge < -0.3 is 9.80 Å². The molecule has 130 valence electrons. The molecule has 2 heterocycles. The molecule has 2 saturated carbocycles. The molecule has 0 bridgehead atoms. The third-order valence-corrected chi connectivity index (χ3v) is 7.11. The van der Waals surface area contributed by atoms with Crippen molar-refractivity contribution in [2.45, 2.75) is 83.7 Å². The van der Waals surface area contributed by atoms with Crippen LogP contribution in [0, 0.1) is 17.8 Å². The van der Waals surface area contributed by atoms with E-state index in [-0.39, 0.29) is 0 Å². The van der Waals surface area contributed by atoms with Crippen LogP contribution >= 0.6 is 0 Å². The van der Waals surface area contributed by atoms with Gasteiger partial charge in [0.15, 0.2) is 5.96 Å². The Hall–Kier alpha value is -0.730. The maximum Gasteiger partial charge on any atom is 0.197 e. The van der Waals surface area contributed by atoms with Crippen LogP contribution in [0.5, 0.6) is 0 Å². The number of hydrogen-bond donors (Lipinski definition) is 0. The molecule has 0 unspecified atom stereocenters. The van der Waals surface area contributed by atoms with Crippen LogP contribution in [0.2, 0.25) is 0 Å². The van der Waals surface area contributed by atoms with E-state index in [1.54, 1.807) is 0 Å². The zero-order valence-corrected chi connectivity index (χ0v) is 15.2. The number of guanidine groups is 1. The van der Waals surface area contributed by atoms with Gasteiger partial charge in [-0.25, -0.2) is 0 Å². The molecule has 0 spiro atoms. The second kappa shape index (κ2) is 6.64. The van der Waals surface area contributed by atoms with E-state index in [0.29, 0.717) is 6.04 Å². The summed E-state index contributed by atoms with van der Waals surface area (Å²) in [5.74, 6) is 4.16. The summed E-state index contributed by atoms with van der Waals surface area (Å²) < 4.78 is 0. The fourth-order valence-corrected chi connectivity index (χ4v) is 5.50. The van der Waals surface area contributed by atoms with Crippen molar-refractivity contribution in [3.8, 4) is 0 Å². The van der Waals surface area contributed by atoms with E-state index in [1.165, 1.54) is 76.8 Å². The second-order valence-electron chi connectivity index (χ2n) is 8.89. The molecule has 3 nitrogen and oxygen atoms in total. The van der Waals surface area contributed by atoms with E-state index >= 15 is 0 Å². The monoisotopic (exact) mass is 317 g/mol. The van der Waals surface area contributed by atoms with Crippen LogP contribution < -0.4 is 0 Å². The lowest BCUT2D eigenvalue weighted by molar-refractivity contribution is 0.161. The van der Waals surface area contributed by atoms with Gasteiger partial charge in [0.05, 0.1) is 12.6 Å². The van der Waals surface area contributed by atoms with Crippen LogP contribution in [0.1, 0.15) is 71.6 Å². The predicted octanol–water partition coefficient (Wildman–Crippen LogP) is 4.14. The molecular weight excluding hydrogens is 282 g/mol. The van der Waals surface area contributed by atoms with Crippen LogP contribution in [0.25, 0.3) is 0 Å². The first-order valence-corrected chi connectivity index (χ1v) is 10.3. The third kappa shape index (κ3) is 3.13. The summed E-state index contributed by atoms with van der Waals surface area (Å²) in [6, 6.07) is 1.39. The summed E-state index contributed by atoms with van der Waals surface area (Å²) in [7, 11) is 0. The molecule has 0 aromatic heterocycles. The quantitative estimate of drug-likeness (QED) is 0.779. The molecular formula is C20H35N3. The van der Waals surface area contributed by atoms with Gasteiger partial charge in [0.25, 0.3) is 0 Å². The van der Waals surface area contributed by atoms with Gasteiger partial charge in [-0.3, -0.25) is 4.99 Å². The molecule has 0 radical (unpaired) electrons. The Morgan fingerprint density at radius 2 is 1.70 bits per heavy atom. The van der Waals surface area contributed by atoms with Crippen molar-refractivity contribution >= 4 is 5.96 Å². The first-order valence-electron chi connectivity index (χ1n) is 10.3. The first-order chi connectivity index (χ1) is 11.2. The van der Waals surface area contributed by atoms with Crippen molar-refractivity contribution in [1.29, 1.82) is 0 Å². The molecule has 2 aliphatic heterocycles. The van der Waals surface area contributed by atoms with Gasteiger partial charge >= 0.3 is 0 Å². The lowest BCUT2D eigenvalue weighted by atomic mass is 9.81. The van der Waals surface area contributed by atoms with Crippen molar-refractivity contribution in [2.75, 3.05) is 19.6 Å². The van der Waals surface area contributed by atoms with Crippen molar-refractivity contribution < 1.29 is 0 Å². The predicted molar refractivity (Wildman–Crippen MR) is 96.7 cm³/mol.